The topological polar surface area (TPSA) is 72.3 Å². The van der Waals surface area contributed by atoms with Gasteiger partial charge in [-0.1, -0.05) is 30.3 Å². The summed E-state index contributed by atoms with van der Waals surface area (Å²) >= 11 is 0. The Bertz CT molecular complexity index is 834. The van der Waals surface area contributed by atoms with Gasteiger partial charge in [0.15, 0.2) is 5.82 Å². The van der Waals surface area contributed by atoms with E-state index in [1.165, 1.54) is 5.56 Å². The number of benzene rings is 1. The van der Waals surface area contributed by atoms with Gasteiger partial charge in [-0.2, -0.15) is 5.10 Å². The Morgan fingerprint density at radius 1 is 1.14 bits per heavy atom. The molecule has 0 bridgehead atoms. The van der Waals surface area contributed by atoms with Gasteiger partial charge in [0.1, 0.15) is 11.9 Å². The third-order valence-electron chi connectivity index (χ3n) is 6.62. The van der Waals surface area contributed by atoms with Crippen molar-refractivity contribution in [2.75, 3.05) is 32.7 Å². The second kappa shape index (κ2) is 7.88. The second-order valence-electron chi connectivity index (χ2n) is 8.64. The first kappa shape index (κ1) is 18.8. The molecular weight excluding hydrogens is 366 g/mol. The highest BCUT2D eigenvalue weighted by atomic mass is 16.6. The largest absolute Gasteiger partial charge is 0.461 e. The Morgan fingerprint density at radius 3 is 2.79 bits per heavy atom. The van der Waals surface area contributed by atoms with Gasteiger partial charge in [-0.3, -0.25) is 9.69 Å². The quantitative estimate of drug-likeness (QED) is 0.790. The van der Waals surface area contributed by atoms with E-state index in [9.17, 15) is 4.79 Å². The predicted octanol–water partition coefficient (Wildman–Crippen LogP) is 1.41. The first-order valence-corrected chi connectivity index (χ1v) is 10.8. The van der Waals surface area contributed by atoms with Crippen molar-refractivity contribution in [2.45, 2.75) is 44.8 Å². The molecule has 1 spiro atoms. The van der Waals surface area contributed by atoms with E-state index in [2.05, 4.69) is 39.2 Å². The van der Waals surface area contributed by atoms with Crippen LogP contribution in [0.15, 0.2) is 30.3 Å². The van der Waals surface area contributed by atoms with E-state index in [-0.39, 0.29) is 17.5 Å². The Hall–Kier alpha value is -2.25. The van der Waals surface area contributed by atoms with Crippen LogP contribution in [0.1, 0.15) is 36.5 Å². The molecule has 2 saturated heterocycles. The zero-order valence-electron chi connectivity index (χ0n) is 16.8. The number of cyclic esters (lactones) is 1. The average Bonchev–Trinajstić information content (AvgIpc) is 3.19. The fourth-order valence-corrected chi connectivity index (χ4v) is 4.97. The van der Waals surface area contributed by atoms with E-state index in [1.807, 2.05) is 6.07 Å². The first-order valence-electron chi connectivity index (χ1n) is 10.8. The molecule has 1 atom stereocenters. The predicted molar refractivity (Wildman–Crippen MR) is 108 cm³/mol. The molecule has 0 aliphatic carbocycles. The molecule has 1 aromatic carbocycles. The number of carbonyl (C=O) groups is 1. The molecule has 0 amide bonds. The van der Waals surface area contributed by atoms with E-state index < -0.39 is 0 Å². The van der Waals surface area contributed by atoms with Crippen LogP contribution in [0, 0.1) is 5.41 Å². The van der Waals surface area contributed by atoms with Gasteiger partial charge < -0.3 is 10.1 Å². The standard InChI is InChI=1S/C22H29N5O2/c28-21-22(7-9-23-10-8-22)15-18(29-21)16-26-11-6-20-24-19(25-27(20)13-12-26)14-17-4-2-1-3-5-17/h1-5,18,23H,6-16H2. The lowest BCUT2D eigenvalue weighted by Gasteiger charge is -2.29. The van der Waals surface area contributed by atoms with E-state index in [0.29, 0.717) is 0 Å². The molecule has 29 heavy (non-hydrogen) atoms. The first-order chi connectivity index (χ1) is 14.2. The minimum absolute atomic E-state index is 0.0209. The van der Waals surface area contributed by atoms with E-state index >= 15 is 0 Å². The molecule has 2 aromatic rings. The smallest absolute Gasteiger partial charge is 0.312 e. The van der Waals surface area contributed by atoms with Crippen LogP contribution in [0.5, 0.6) is 0 Å². The molecule has 4 heterocycles. The molecule has 1 aromatic heterocycles. The monoisotopic (exact) mass is 395 g/mol. The molecule has 7 nitrogen and oxygen atoms in total. The number of ether oxygens (including phenoxy) is 1. The van der Waals surface area contributed by atoms with Crippen LogP contribution in [-0.4, -0.2) is 64.5 Å². The van der Waals surface area contributed by atoms with Gasteiger partial charge in [0, 0.05) is 38.9 Å². The molecule has 3 aliphatic heterocycles. The number of nitrogens with one attached hydrogen (secondary N) is 1. The highest BCUT2D eigenvalue weighted by Gasteiger charge is 2.49. The number of rotatable bonds is 4. The zero-order valence-corrected chi connectivity index (χ0v) is 16.8. The number of fused-ring (bicyclic) bond motifs is 1. The fourth-order valence-electron chi connectivity index (χ4n) is 4.97. The summed E-state index contributed by atoms with van der Waals surface area (Å²) < 4.78 is 7.86. The Kier molecular flexibility index (Phi) is 5.09. The lowest BCUT2D eigenvalue weighted by Crippen LogP contribution is -2.40. The molecule has 7 heteroatoms. The van der Waals surface area contributed by atoms with Crippen LogP contribution in [0.3, 0.4) is 0 Å². The summed E-state index contributed by atoms with van der Waals surface area (Å²) in [5.74, 6) is 1.99. The van der Waals surface area contributed by atoms with Gasteiger partial charge in [0.2, 0.25) is 0 Å². The number of aromatic nitrogens is 3. The van der Waals surface area contributed by atoms with Gasteiger partial charge in [-0.15, -0.1) is 0 Å². The molecule has 5 rings (SSSR count). The van der Waals surface area contributed by atoms with Crippen molar-refractivity contribution < 1.29 is 9.53 Å². The minimum atomic E-state index is -0.234. The van der Waals surface area contributed by atoms with Crippen molar-refractivity contribution in [3.8, 4) is 0 Å². The maximum absolute atomic E-state index is 12.5. The van der Waals surface area contributed by atoms with Crippen molar-refractivity contribution in [1.82, 2.24) is 25.0 Å². The van der Waals surface area contributed by atoms with Gasteiger partial charge >= 0.3 is 5.97 Å². The number of esters is 1. The summed E-state index contributed by atoms with van der Waals surface area (Å²) in [6, 6.07) is 10.4. The van der Waals surface area contributed by atoms with Crippen LogP contribution in [-0.2, 0) is 28.9 Å². The molecule has 0 saturated carbocycles. The summed E-state index contributed by atoms with van der Waals surface area (Å²) in [4.78, 5) is 19.7. The number of hydrogen-bond acceptors (Lipinski definition) is 6. The molecule has 2 fully saturated rings. The van der Waals surface area contributed by atoms with Crippen molar-refractivity contribution in [3.63, 3.8) is 0 Å². The van der Waals surface area contributed by atoms with Crippen molar-refractivity contribution >= 4 is 5.97 Å². The zero-order chi connectivity index (χ0) is 19.7. The molecule has 3 aliphatic rings. The highest BCUT2D eigenvalue weighted by molar-refractivity contribution is 5.79. The van der Waals surface area contributed by atoms with E-state index in [1.54, 1.807) is 0 Å². The summed E-state index contributed by atoms with van der Waals surface area (Å²) in [7, 11) is 0. The Balaban J connectivity index is 1.18. The summed E-state index contributed by atoms with van der Waals surface area (Å²) in [6.07, 6.45) is 4.37. The van der Waals surface area contributed by atoms with Crippen LogP contribution in [0.2, 0.25) is 0 Å². The summed E-state index contributed by atoms with van der Waals surface area (Å²) in [6.45, 7) is 5.36. The molecule has 0 radical (unpaired) electrons. The van der Waals surface area contributed by atoms with Crippen LogP contribution in [0.4, 0.5) is 0 Å². The van der Waals surface area contributed by atoms with Gasteiger partial charge in [0.05, 0.1) is 12.0 Å². The summed E-state index contributed by atoms with van der Waals surface area (Å²) in [5, 5.41) is 8.09. The van der Waals surface area contributed by atoms with Crippen LogP contribution in [0.25, 0.3) is 0 Å². The van der Waals surface area contributed by atoms with Crippen molar-refractivity contribution in [2.24, 2.45) is 5.41 Å². The van der Waals surface area contributed by atoms with E-state index in [0.717, 1.165) is 83.0 Å². The van der Waals surface area contributed by atoms with Crippen LogP contribution < -0.4 is 5.32 Å². The normalized spacial score (nSPS) is 24.3. The molecule has 1 unspecified atom stereocenters. The molecule has 154 valence electrons. The lowest BCUT2D eigenvalue weighted by molar-refractivity contribution is -0.150. The van der Waals surface area contributed by atoms with E-state index in [4.69, 9.17) is 14.8 Å². The average molecular weight is 396 g/mol. The number of carbonyl (C=O) groups excluding carboxylic acids is 1. The number of piperidine rings is 1. The SMILES string of the molecule is O=C1OC(CN2CCc3nc(Cc4ccccc4)nn3CC2)CC12CCNCC2. The van der Waals surface area contributed by atoms with Gasteiger partial charge in [0.25, 0.3) is 0 Å². The van der Waals surface area contributed by atoms with Crippen LogP contribution >= 0.6 is 0 Å². The molecule has 1 N–H and O–H groups in total. The minimum Gasteiger partial charge on any atom is -0.461 e. The van der Waals surface area contributed by atoms with Crippen molar-refractivity contribution in [3.05, 3.63) is 47.5 Å². The fraction of sp³-hybridized carbons (Fsp3) is 0.591. The maximum atomic E-state index is 12.5. The third kappa shape index (κ3) is 3.94. The lowest BCUT2D eigenvalue weighted by atomic mass is 9.76. The molecular formula is C22H29N5O2. The van der Waals surface area contributed by atoms with Gasteiger partial charge in [-0.25, -0.2) is 9.67 Å². The van der Waals surface area contributed by atoms with Crippen molar-refractivity contribution in [1.29, 1.82) is 0 Å². The number of hydrogen-bond donors (Lipinski definition) is 1. The third-order valence-corrected chi connectivity index (χ3v) is 6.62. The van der Waals surface area contributed by atoms with Gasteiger partial charge in [-0.05, 0) is 31.5 Å². The summed E-state index contributed by atoms with van der Waals surface area (Å²) in [5.41, 5.74) is 1.01. The Labute approximate surface area is 171 Å². The maximum Gasteiger partial charge on any atom is 0.312 e. The second-order valence-corrected chi connectivity index (χ2v) is 8.64. The Morgan fingerprint density at radius 2 is 1.97 bits per heavy atom. The highest BCUT2D eigenvalue weighted by Crippen LogP contribution is 2.41. The number of nitrogens with zero attached hydrogens (tertiary/aromatic N) is 4.